The van der Waals surface area contributed by atoms with Crippen LogP contribution in [0.4, 0.5) is 0 Å². The Morgan fingerprint density at radius 1 is 0.300 bits per heavy atom. The van der Waals surface area contributed by atoms with Gasteiger partial charge in [0, 0.05) is 25.7 Å². The third-order valence-corrected chi connectivity index (χ3v) is 16.0. The molecule has 0 saturated carbocycles. The van der Waals surface area contributed by atoms with Gasteiger partial charge in [-0.25, -0.2) is 9.13 Å². The van der Waals surface area contributed by atoms with Crippen molar-refractivity contribution >= 4 is 39.5 Å². The first-order chi connectivity index (χ1) is 38.7. The minimum absolute atomic E-state index is 0.104. The van der Waals surface area contributed by atoms with E-state index in [1.165, 1.54) is 116 Å². The molecule has 0 aromatic carbocycles. The minimum Gasteiger partial charge on any atom is -0.462 e. The number of phosphoric acid groups is 2. The van der Waals surface area contributed by atoms with E-state index in [9.17, 15) is 43.2 Å². The predicted molar refractivity (Wildman–Crippen MR) is 317 cm³/mol. The van der Waals surface area contributed by atoms with Gasteiger partial charge in [-0.1, -0.05) is 259 Å². The third kappa shape index (κ3) is 55.3. The molecule has 0 amide bonds. The Morgan fingerprint density at radius 2 is 0.500 bits per heavy atom. The summed E-state index contributed by atoms with van der Waals surface area (Å²) in [5.41, 5.74) is 0. The number of aliphatic hydroxyl groups is 1. The highest BCUT2D eigenvalue weighted by molar-refractivity contribution is 7.47. The highest BCUT2D eigenvalue weighted by Gasteiger charge is 2.30. The number of ether oxygens (including phenoxy) is 4. The Kier molecular flexibility index (Phi) is 54.8. The van der Waals surface area contributed by atoms with Crippen molar-refractivity contribution in [3.8, 4) is 0 Å². The Hall–Kier alpha value is -1.94. The molecule has 0 aliphatic rings. The maximum absolute atomic E-state index is 12.9. The molecule has 5 atom stereocenters. The molecule has 0 saturated heterocycles. The van der Waals surface area contributed by atoms with Crippen molar-refractivity contribution in [2.24, 2.45) is 0 Å². The van der Waals surface area contributed by atoms with Crippen molar-refractivity contribution in [3.63, 3.8) is 0 Å². The molecule has 0 aliphatic heterocycles. The first-order valence-corrected chi connectivity index (χ1v) is 35.3. The zero-order valence-electron chi connectivity index (χ0n) is 51.0. The van der Waals surface area contributed by atoms with Crippen LogP contribution in [-0.4, -0.2) is 96.7 Å². The molecule has 0 aromatic heterocycles. The molecule has 0 bridgehead atoms. The SMILES string of the molecule is CCCCCCCCCCCCCCCCC(=O)O[C@H](COC(=O)CCCCCCCCCCCCCC)COP(=O)(O)OC[C@@H](O)COP(=O)(O)OC[C@@H](COC(=O)CCCCCCCCC)OC(=O)CCCCCCCCC. The molecule has 0 spiro atoms. The molecule has 17 nitrogen and oxygen atoms in total. The van der Waals surface area contributed by atoms with Gasteiger partial charge in [-0.2, -0.15) is 0 Å². The Balaban J connectivity index is 5.18. The van der Waals surface area contributed by atoms with Crippen molar-refractivity contribution in [1.82, 2.24) is 0 Å². The monoisotopic (exact) mass is 1180 g/mol. The van der Waals surface area contributed by atoms with Crippen LogP contribution in [0, 0.1) is 0 Å². The van der Waals surface area contributed by atoms with Crippen LogP contribution >= 0.6 is 15.6 Å². The topological polar surface area (TPSA) is 237 Å². The first kappa shape index (κ1) is 78.1. The van der Waals surface area contributed by atoms with E-state index in [1.54, 1.807) is 0 Å². The van der Waals surface area contributed by atoms with Crippen molar-refractivity contribution in [1.29, 1.82) is 0 Å². The number of hydrogen-bond donors (Lipinski definition) is 3. The Bertz CT molecular complexity index is 1550. The highest BCUT2D eigenvalue weighted by atomic mass is 31.2. The van der Waals surface area contributed by atoms with Gasteiger partial charge < -0.3 is 33.8 Å². The fourth-order valence-electron chi connectivity index (χ4n) is 9.10. The predicted octanol–water partition coefficient (Wildman–Crippen LogP) is 16.8. The van der Waals surface area contributed by atoms with Crippen LogP contribution in [0.25, 0.3) is 0 Å². The summed E-state index contributed by atoms with van der Waals surface area (Å²) >= 11 is 0. The molecule has 0 rings (SSSR count). The van der Waals surface area contributed by atoms with Gasteiger partial charge in [-0.3, -0.25) is 37.3 Å². The van der Waals surface area contributed by atoms with Crippen LogP contribution in [0.2, 0.25) is 0 Å². The summed E-state index contributed by atoms with van der Waals surface area (Å²) in [6.45, 7) is 4.79. The molecule has 0 radical (unpaired) electrons. The smallest absolute Gasteiger partial charge is 0.462 e. The largest absolute Gasteiger partial charge is 0.472 e. The van der Waals surface area contributed by atoms with Crippen molar-refractivity contribution < 1.29 is 80.2 Å². The van der Waals surface area contributed by atoms with Gasteiger partial charge in [0.05, 0.1) is 26.4 Å². The van der Waals surface area contributed by atoms with Gasteiger partial charge in [0.15, 0.2) is 12.2 Å². The molecule has 474 valence electrons. The number of aliphatic hydroxyl groups excluding tert-OH is 1. The van der Waals surface area contributed by atoms with Crippen LogP contribution in [0.5, 0.6) is 0 Å². The summed E-state index contributed by atoms with van der Waals surface area (Å²) in [4.78, 5) is 71.8. The first-order valence-electron chi connectivity index (χ1n) is 32.3. The van der Waals surface area contributed by atoms with Gasteiger partial charge in [-0.15, -0.1) is 0 Å². The standard InChI is InChI=1S/C61H118O17P2/c1-5-9-13-17-21-23-25-27-28-30-32-36-40-44-48-61(66)78-57(52-72-59(64)46-42-38-35-31-29-26-24-22-18-14-10-6-2)54-76-80(69,70)74-50-55(62)49-73-79(67,68)75-53-56(77-60(65)47-43-39-34-20-16-12-8-4)51-71-58(63)45-41-37-33-19-15-11-7-3/h55-57,62H,5-54H2,1-4H3,(H,67,68)(H,69,70)/t55-,56+,57+/m0/s1. The quantitative estimate of drug-likeness (QED) is 0.0222. The average molecular weight is 1190 g/mol. The molecule has 19 heteroatoms. The fourth-order valence-corrected chi connectivity index (χ4v) is 10.7. The summed E-state index contributed by atoms with van der Waals surface area (Å²) in [5, 5.41) is 10.5. The van der Waals surface area contributed by atoms with E-state index in [4.69, 9.17) is 37.0 Å². The molecular weight excluding hydrogens is 1070 g/mol. The van der Waals surface area contributed by atoms with E-state index in [2.05, 4.69) is 27.7 Å². The van der Waals surface area contributed by atoms with Gasteiger partial charge in [0.25, 0.3) is 0 Å². The molecule has 0 aromatic rings. The number of unbranched alkanes of at least 4 members (excludes halogenated alkanes) is 36. The lowest BCUT2D eigenvalue weighted by Crippen LogP contribution is -2.30. The average Bonchev–Trinajstić information content (AvgIpc) is 3.43. The molecule has 0 heterocycles. The lowest BCUT2D eigenvalue weighted by atomic mass is 10.0. The maximum Gasteiger partial charge on any atom is 0.472 e. The second-order valence-electron chi connectivity index (χ2n) is 22.1. The summed E-state index contributed by atoms with van der Waals surface area (Å²) in [6.07, 6.45) is 40.5. The Morgan fingerprint density at radius 3 is 0.738 bits per heavy atom. The molecule has 3 N–H and O–H groups in total. The molecular formula is C61H118O17P2. The van der Waals surface area contributed by atoms with Crippen LogP contribution in [0.1, 0.15) is 310 Å². The lowest BCUT2D eigenvalue weighted by Gasteiger charge is -2.21. The van der Waals surface area contributed by atoms with Gasteiger partial charge in [-0.05, 0) is 25.7 Å². The van der Waals surface area contributed by atoms with Crippen molar-refractivity contribution in [3.05, 3.63) is 0 Å². The second kappa shape index (κ2) is 56.2. The number of carbonyl (C=O) groups excluding carboxylic acids is 4. The van der Waals surface area contributed by atoms with Crippen molar-refractivity contribution in [2.75, 3.05) is 39.6 Å². The van der Waals surface area contributed by atoms with Crippen molar-refractivity contribution in [2.45, 2.75) is 329 Å². The number of rotatable bonds is 62. The van der Waals surface area contributed by atoms with Gasteiger partial charge in [0.2, 0.25) is 0 Å². The van der Waals surface area contributed by atoms with E-state index in [1.807, 2.05) is 0 Å². The number of esters is 4. The molecule has 2 unspecified atom stereocenters. The molecule has 80 heavy (non-hydrogen) atoms. The summed E-state index contributed by atoms with van der Waals surface area (Å²) in [6, 6.07) is 0. The normalized spacial score (nSPS) is 14.2. The van der Waals surface area contributed by atoms with Crippen LogP contribution in [-0.2, 0) is 65.4 Å². The van der Waals surface area contributed by atoms with E-state index < -0.39 is 97.5 Å². The maximum atomic E-state index is 12.9. The van der Waals surface area contributed by atoms with E-state index in [0.29, 0.717) is 25.7 Å². The van der Waals surface area contributed by atoms with E-state index in [-0.39, 0.29) is 25.7 Å². The minimum atomic E-state index is -4.94. The third-order valence-electron chi connectivity index (χ3n) is 14.1. The fraction of sp³-hybridized carbons (Fsp3) is 0.934. The van der Waals surface area contributed by atoms with E-state index in [0.717, 1.165) is 116 Å². The number of carbonyl (C=O) groups is 4. The zero-order valence-corrected chi connectivity index (χ0v) is 52.8. The molecule has 0 fully saturated rings. The number of hydrogen-bond acceptors (Lipinski definition) is 15. The van der Waals surface area contributed by atoms with Crippen LogP contribution in [0.3, 0.4) is 0 Å². The summed E-state index contributed by atoms with van der Waals surface area (Å²) in [5.74, 6) is -2.14. The van der Waals surface area contributed by atoms with Crippen LogP contribution in [0.15, 0.2) is 0 Å². The Labute approximate surface area is 486 Å². The highest BCUT2D eigenvalue weighted by Crippen LogP contribution is 2.45. The van der Waals surface area contributed by atoms with Gasteiger partial charge in [0.1, 0.15) is 19.3 Å². The molecule has 0 aliphatic carbocycles. The van der Waals surface area contributed by atoms with E-state index >= 15 is 0 Å². The second-order valence-corrected chi connectivity index (χ2v) is 25.0. The lowest BCUT2D eigenvalue weighted by molar-refractivity contribution is -0.161. The summed E-state index contributed by atoms with van der Waals surface area (Å²) < 4.78 is 67.7. The zero-order chi connectivity index (χ0) is 59.1. The summed E-state index contributed by atoms with van der Waals surface area (Å²) in [7, 11) is -9.87. The van der Waals surface area contributed by atoms with Crippen LogP contribution < -0.4 is 0 Å². The number of phosphoric ester groups is 2. The van der Waals surface area contributed by atoms with Gasteiger partial charge >= 0.3 is 39.5 Å².